The van der Waals surface area contributed by atoms with Crippen molar-refractivity contribution in [1.82, 2.24) is 0 Å². The Kier molecular flexibility index (Phi) is 5.83. The van der Waals surface area contributed by atoms with Crippen molar-refractivity contribution in [1.29, 1.82) is 0 Å². The number of carbonyl (C=O) groups is 2. The Labute approximate surface area is 117 Å². The van der Waals surface area contributed by atoms with Crippen LogP contribution >= 0.6 is 0 Å². The molecule has 2 N–H and O–H groups in total. The SMILES string of the molecule is CCOc1ccc(N(CCC(=O)O)C(C)C(=O)O)cc1. The van der Waals surface area contributed by atoms with E-state index in [1.807, 2.05) is 6.92 Å². The number of hydrogen-bond acceptors (Lipinski definition) is 4. The number of nitrogens with zero attached hydrogens (tertiary/aromatic N) is 1. The van der Waals surface area contributed by atoms with Crippen LogP contribution in [0.4, 0.5) is 5.69 Å². The van der Waals surface area contributed by atoms with E-state index in [-0.39, 0.29) is 13.0 Å². The minimum Gasteiger partial charge on any atom is -0.494 e. The first-order chi connectivity index (χ1) is 9.45. The highest BCUT2D eigenvalue weighted by Gasteiger charge is 2.21. The molecule has 0 amide bonds. The number of benzene rings is 1. The predicted molar refractivity (Wildman–Crippen MR) is 74.3 cm³/mol. The first-order valence-electron chi connectivity index (χ1n) is 6.39. The molecule has 0 radical (unpaired) electrons. The molecular weight excluding hydrogens is 262 g/mol. The lowest BCUT2D eigenvalue weighted by molar-refractivity contribution is -0.139. The molecule has 20 heavy (non-hydrogen) atoms. The maximum atomic E-state index is 11.1. The number of rotatable bonds is 8. The fourth-order valence-corrected chi connectivity index (χ4v) is 1.80. The number of ether oxygens (including phenoxy) is 1. The normalized spacial score (nSPS) is 11.7. The Morgan fingerprint density at radius 1 is 1.25 bits per heavy atom. The molecule has 1 aromatic rings. The molecule has 0 saturated carbocycles. The lowest BCUT2D eigenvalue weighted by Crippen LogP contribution is -2.40. The number of carboxylic acids is 2. The molecule has 0 fully saturated rings. The third kappa shape index (κ3) is 4.46. The summed E-state index contributed by atoms with van der Waals surface area (Å²) in [5, 5.41) is 17.9. The minimum absolute atomic E-state index is 0.120. The van der Waals surface area contributed by atoms with E-state index in [9.17, 15) is 9.59 Å². The largest absolute Gasteiger partial charge is 0.494 e. The molecule has 6 nitrogen and oxygen atoms in total. The lowest BCUT2D eigenvalue weighted by atomic mass is 10.2. The topological polar surface area (TPSA) is 87.1 Å². The highest BCUT2D eigenvalue weighted by Crippen LogP contribution is 2.21. The Hall–Kier alpha value is -2.24. The third-order valence-corrected chi connectivity index (χ3v) is 2.87. The Morgan fingerprint density at radius 3 is 2.30 bits per heavy atom. The Balaban J connectivity index is 2.90. The molecule has 1 rings (SSSR count). The van der Waals surface area contributed by atoms with Crippen LogP contribution in [0.15, 0.2) is 24.3 Å². The van der Waals surface area contributed by atoms with Crippen molar-refractivity contribution in [3.63, 3.8) is 0 Å². The van der Waals surface area contributed by atoms with Gasteiger partial charge in [-0.2, -0.15) is 0 Å². The van der Waals surface area contributed by atoms with Crippen LogP contribution in [0, 0.1) is 0 Å². The predicted octanol–water partition coefficient (Wildman–Crippen LogP) is 1.84. The van der Waals surface area contributed by atoms with Crippen LogP contribution < -0.4 is 9.64 Å². The second-order valence-electron chi connectivity index (χ2n) is 4.28. The Morgan fingerprint density at radius 2 is 1.85 bits per heavy atom. The highest BCUT2D eigenvalue weighted by atomic mass is 16.5. The molecule has 0 aliphatic heterocycles. The van der Waals surface area contributed by atoms with Crippen molar-refractivity contribution in [2.75, 3.05) is 18.1 Å². The summed E-state index contributed by atoms with van der Waals surface area (Å²) >= 11 is 0. The van der Waals surface area contributed by atoms with Crippen molar-refractivity contribution >= 4 is 17.6 Å². The van der Waals surface area contributed by atoms with Crippen molar-refractivity contribution in [2.24, 2.45) is 0 Å². The average molecular weight is 281 g/mol. The van der Waals surface area contributed by atoms with Crippen LogP contribution in [0.2, 0.25) is 0 Å². The summed E-state index contributed by atoms with van der Waals surface area (Å²) in [6.07, 6.45) is -0.120. The molecule has 0 heterocycles. The zero-order chi connectivity index (χ0) is 15.1. The second-order valence-corrected chi connectivity index (χ2v) is 4.28. The summed E-state index contributed by atoms with van der Waals surface area (Å²) < 4.78 is 5.32. The second kappa shape index (κ2) is 7.37. The van der Waals surface area contributed by atoms with Gasteiger partial charge in [0.1, 0.15) is 11.8 Å². The summed E-state index contributed by atoms with van der Waals surface area (Å²) in [4.78, 5) is 23.3. The molecule has 6 heteroatoms. The molecular formula is C14H19NO5. The van der Waals surface area contributed by atoms with Gasteiger partial charge in [-0.05, 0) is 38.1 Å². The maximum absolute atomic E-state index is 11.1. The van der Waals surface area contributed by atoms with Gasteiger partial charge < -0.3 is 19.8 Å². The smallest absolute Gasteiger partial charge is 0.326 e. The van der Waals surface area contributed by atoms with E-state index >= 15 is 0 Å². The average Bonchev–Trinajstić information content (AvgIpc) is 2.40. The number of aliphatic carboxylic acids is 2. The van der Waals surface area contributed by atoms with E-state index in [1.54, 1.807) is 29.2 Å². The molecule has 0 spiro atoms. The monoisotopic (exact) mass is 281 g/mol. The van der Waals surface area contributed by atoms with E-state index in [4.69, 9.17) is 14.9 Å². The fraction of sp³-hybridized carbons (Fsp3) is 0.429. The summed E-state index contributed by atoms with van der Waals surface area (Å²) in [5.74, 6) is -1.26. The van der Waals surface area contributed by atoms with Gasteiger partial charge in [0, 0.05) is 12.2 Å². The maximum Gasteiger partial charge on any atom is 0.326 e. The molecule has 1 unspecified atom stereocenters. The number of carboxylic acid groups (broad SMARTS) is 2. The molecule has 110 valence electrons. The van der Waals surface area contributed by atoms with Gasteiger partial charge in [0.15, 0.2) is 0 Å². The fourth-order valence-electron chi connectivity index (χ4n) is 1.80. The van der Waals surface area contributed by atoms with Crippen LogP contribution in [-0.4, -0.2) is 41.3 Å². The number of hydrogen-bond donors (Lipinski definition) is 2. The lowest BCUT2D eigenvalue weighted by Gasteiger charge is -2.28. The van der Waals surface area contributed by atoms with Gasteiger partial charge in [-0.25, -0.2) is 4.79 Å². The first kappa shape index (κ1) is 15.8. The molecule has 0 aliphatic carbocycles. The van der Waals surface area contributed by atoms with Crippen LogP contribution in [0.5, 0.6) is 5.75 Å². The van der Waals surface area contributed by atoms with Gasteiger partial charge in [0.2, 0.25) is 0 Å². The Bertz CT molecular complexity index is 457. The quantitative estimate of drug-likeness (QED) is 0.756. The van der Waals surface area contributed by atoms with Crippen LogP contribution in [0.1, 0.15) is 20.3 Å². The van der Waals surface area contributed by atoms with Crippen molar-refractivity contribution < 1.29 is 24.5 Å². The van der Waals surface area contributed by atoms with Crippen molar-refractivity contribution in [3.8, 4) is 5.75 Å². The summed E-state index contributed by atoms with van der Waals surface area (Å²) in [7, 11) is 0. The van der Waals surface area contributed by atoms with E-state index in [2.05, 4.69) is 0 Å². The zero-order valence-electron chi connectivity index (χ0n) is 11.6. The van der Waals surface area contributed by atoms with Crippen LogP contribution in [0.25, 0.3) is 0 Å². The summed E-state index contributed by atoms with van der Waals surface area (Å²) in [6, 6.07) is 6.13. The zero-order valence-corrected chi connectivity index (χ0v) is 11.6. The van der Waals surface area contributed by atoms with Crippen molar-refractivity contribution in [3.05, 3.63) is 24.3 Å². The van der Waals surface area contributed by atoms with E-state index < -0.39 is 18.0 Å². The van der Waals surface area contributed by atoms with Gasteiger partial charge in [-0.15, -0.1) is 0 Å². The molecule has 1 aromatic carbocycles. The van der Waals surface area contributed by atoms with E-state index in [0.717, 1.165) is 0 Å². The minimum atomic E-state index is -0.996. The molecule has 1 atom stereocenters. The summed E-state index contributed by atoms with van der Waals surface area (Å²) in [6.45, 7) is 4.09. The molecule has 0 aromatic heterocycles. The van der Waals surface area contributed by atoms with E-state index in [1.165, 1.54) is 6.92 Å². The van der Waals surface area contributed by atoms with Gasteiger partial charge in [-0.3, -0.25) is 4.79 Å². The highest BCUT2D eigenvalue weighted by molar-refractivity contribution is 5.78. The number of anilines is 1. The first-order valence-corrected chi connectivity index (χ1v) is 6.39. The third-order valence-electron chi connectivity index (χ3n) is 2.87. The standard InChI is InChI=1S/C14H19NO5/c1-3-20-12-6-4-11(5-7-12)15(9-8-13(16)17)10(2)14(18)19/h4-7,10H,3,8-9H2,1-2H3,(H,16,17)(H,18,19). The van der Waals surface area contributed by atoms with Gasteiger partial charge in [0.05, 0.1) is 13.0 Å². The summed E-state index contributed by atoms with van der Waals surface area (Å²) in [5.41, 5.74) is 0.657. The van der Waals surface area contributed by atoms with Crippen molar-refractivity contribution in [2.45, 2.75) is 26.3 Å². The molecule has 0 bridgehead atoms. The van der Waals surface area contributed by atoms with E-state index in [0.29, 0.717) is 18.0 Å². The van der Waals surface area contributed by atoms with Crippen LogP contribution in [-0.2, 0) is 9.59 Å². The van der Waals surface area contributed by atoms with Gasteiger partial charge >= 0.3 is 11.9 Å². The van der Waals surface area contributed by atoms with Gasteiger partial charge in [-0.1, -0.05) is 0 Å². The molecule has 0 aliphatic rings. The van der Waals surface area contributed by atoms with Crippen LogP contribution in [0.3, 0.4) is 0 Å². The van der Waals surface area contributed by atoms with Gasteiger partial charge in [0.25, 0.3) is 0 Å². The molecule has 0 saturated heterocycles.